The average Bonchev–Trinajstić information content (AvgIpc) is 2.76. The maximum atomic E-state index is 13.0. The van der Waals surface area contributed by atoms with Gasteiger partial charge in [-0.1, -0.05) is 49.4 Å². The van der Waals surface area contributed by atoms with E-state index in [1.54, 1.807) is 18.9 Å². The zero-order chi connectivity index (χ0) is 21.1. The smallest absolute Gasteiger partial charge is 0.243 e. The molecule has 2 rings (SSSR count). The molecule has 0 heterocycles. The van der Waals surface area contributed by atoms with Crippen LogP contribution < -0.4 is 10.1 Å². The lowest BCUT2D eigenvalue weighted by Crippen LogP contribution is -2.50. The van der Waals surface area contributed by atoms with Gasteiger partial charge in [-0.2, -0.15) is 0 Å². The maximum absolute atomic E-state index is 13.0. The summed E-state index contributed by atoms with van der Waals surface area (Å²) in [6.45, 7) is 2.51. The maximum Gasteiger partial charge on any atom is 0.243 e. The molecule has 0 unspecified atom stereocenters. The minimum atomic E-state index is -0.634. The number of carbonyl (C=O) groups is 2. The highest BCUT2D eigenvalue weighted by molar-refractivity contribution is 5.87. The Balaban J connectivity index is 2.28. The van der Waals surface area contributed by atoms with Crippen LogP contribution in [-0.4, -0.2) is 48.1 Å². The van der Waals surface area contributed by atoms with Gasteiger partial charge in [-0.15, -0.1) is 0 Å². The Bertz CT molecular complexity index is 762. The van der Waals surface area contributed by atoms with Crippen LogP contribution >= 0.6 is 0 Å². The molecule has 0 aromatic heterocycles. The van der Waals surface area contributed by atoms with E-state index in [1.165, 1.54) is 0 Å². The van der Waals surface area contributed by atoms with Gasteiger partial charge in [0.1, 0.15) is 11.8 Å². The van der Waals surface area contributed by atoms with Crippen LogP contribution in [0.2, 0.25) is 0 Å². The van der Waals surface area contributed by atoms with Crippen molar-refractivity contribution in [1.82, 2.24) is 10.2 Å². The number of rotatable bonds is 11. The second-order valence-corrected chi connectivity index (χ2v) is 6.80. The van der Waals surface area contributed by atoms with Crippen molar-refractivity contribution < 1.29 is 19.4 Å². The summed E-state index contributed by atoms with van der Waals surface area (Å²) in [4.78, 5) is 27.4. The molecular formula is C23H30N2O4. The third kappa shape index (κ3) is 6.91. The molecule has 2 aromatic carbocycles. The first-order valence-electron chi connectivity index (χ1n) is 9.94. The monoisotopic (exact) mass is 398 g/mol. The van der Waals surface area contributed by atoms with Crippen molar-refractivity contribution in [2.24, 2.45) is 0 Å². The van der Waals surface area contributed by atoms with E-state index >= 15 is 0 Å². The standard InChI is InChI=1S/C23H30N2O4/c1-3-22(27)25(17-19-10-12-20(29-2)13-11-19)21(23(28)24-14-7-15-26)16-18-8-5-4-6-9-18/h4-6,8-13,21,26H,3,7,14-17H2,1-2H3,(H,24,28)/t21-/m0/s1. The fourth-order valence-corrected chi connectivity index (χ4v) is 3.09. The van der Waals surface area contributed by atoms with Gasteiger partial charge in [-0.3, -0.25) is 9.59 Å². The molecule has 2 amide bonds. The fraction of sp³-hybridized carbons (Fsp3) is 0.391. The van der Waals surface area contributed by atoms with Gasteiger partial charge in [-0.05, 0) is 29.7 Å². The minimum Gasteiger partial charge on any atom is -0.497 e. The molecule has 6 heteroatoms. The van der Waals surface area contributed by atoms with Crippen molar-refractivity contribution in [2.45, 2.75) is 38.8 Å². The number of aliphatic hydroxyl groups is 1. The lowest BCUT2D eigenvalue weighted by Gasteiger charge is -2.31. The largest absolute Gasteiger partial charge is 0.497 e. The number of amides is 2. The van der Waals surface area contributed by atoms with Crippen LogP contribution in [0, 0.1) is 0 Å². The van der Waals surface area contributed by atoms with E-state index in [1.807, 2.05) is 54.6 Å². The van der Waals surface area contributed by atoms with E-state index in [2.05, 4.69) is 5.32 Å². The summed E-state index contributed by atoms with van der Waals surface area (Å²) in [5.41, 5.74) is 1.91. The summed E-state index contributed by atoms with van der Waals surface area (Å²) < 4.78 is 5.20. The summed E-state index contributed by atoms with van der Waals surface area (Å²) in [5.74, 6) is 0.446. The second-order valence-electron chi connectivity index (χ2n) is 6.80. The van der Waals surface area contributed by atoms with Crippen molar-refractivity contribution in [3.8, 4) is 5.75 Å². The van der Waals surface area contributed by atoms with E-state index in [0.29, 0.717) is 32.4 Å². The highest BCUT2D eigenvalue weighted by Gasteiger charge is 2.29. The Morgan fingerprint density at radius 2 is 1.76 bits per heavy atom. The highest BCUT2D eigenvalue weighted by atomic mass is 16.5. The Morgan fingerprint density at radius 1 is 1.07 bits per heavy atom. The van der Waals surface area contributed by atoms with Crippen LogP contribution in [0.25, 0.3) is 0 Å². The predicted octanol–water partition coefficient (Wildman–Crippen LogP) is 2.54. The molecule has 0 aliphatic carbocycles. The molecule has 2 N–H and O–H groups in total. The van der Waals surface area contributed by atoms with Gasteiger partial charge in [0.2, 0.25) is 11.8 Å². The molecule has 2 aromatic rings. The van der Waals surface area contributed by atoms with E-state index in [9.17, 15) is 9.59 Å². The van der Waals surface area contributed by atoms with Crippen molar-refractivity contribution in [3.63, 3.8) is 0 Å². The normalized spacial score (nSPS) is 11.6. The van der Waals surface area contributed by atoms with Gasteiger partial charge >= 0.3 is 0 Å². The van der Waals surface area contributed by atoms with Crippen LogP contribution in [0.15, 0.2) is 54.6 Å². The van der Waals surface area contributed by atoms with Gasteiger partial charge in [-0.25, -0.2) is 0 Å². The molecule has 0 radical (unpaired) electrons. The number of carbonyl (C=O) groups excluding carboxylic acids is 2. The van der Waals surface area contributed by atoms with Crippen LogP contribution in [0.1, 0.15) is 30.9 Å². The number of hydrogen-bond donors (Lipinski definition) is 2. The summed E-state index contributed by atoms with van der Waals surface area (Å²) in [6, 6.07) is 16.5. The Kier molecular flexibility index (Phi) is 9.18. The Labute approximate surface area is 172 Å². The third-order valence-corrected chi connectivity index (χ3v) is 4.72. The van der Waals surface area contributed by atoms with Gasteiger partial charge in [0, 0.05) is 32.5 Å². The third-order valence-electron chi connectivity index (χ3n) is 4.72. The van der Waals surface area contributed by atoms with Crippen LogP contribution in [-0.2, 0) is 22.6 Å². The number of aliphatic hydroxyl groups excluding tert-OH is 1. The molecule has 6 nitrogen and oxygen atoms in total. The molecule has 0 saturated heterocycles. The van der Waals surface area contributed by atoms with E-state index in [0.717, 1.165) is 16.9 Å². The average molecular weight is 399 g/mol. The first-order valence-corrected chi connectivity index (χ1v) is 9.94. The van der Waals surface area contributed by atoms with E-state index in [-0.39, 0.29) is 18.4 Å². The Morgan fingerprint density at radius 3 is 2.34 bits per heavy atom. The zero-order valence-electron chi connectivity index (χ0n) is 17.1. The van der Waals surface area contributed by atoms with Crippen LogP contribution in [0.3, 0.4) is 0 Å². The first kappa shape index (κ1) is 22.4. The number of ether oxygens (including phenoxy) is 1. The Hall–Kier alpha value is -2.86. The van der Waals surface area contributed by atoms with E-state index in [4.69, 9.17) is 9.84 Å². The number of hydrogen-bond acceptors (Lipinski definition) is 4. The molecule has 0 fully saturated rings. The molecule has 156 valence electrons. The van der Waals surface area contributed by atoms with Gasteiger partial charge < -0.3 is 20.1 Å². The fourth-order valence-electron chi connectivity index (χ4n) is 3.09. The van der Waals surface area contributed by atoms with Gasteiger partial charge in [0.25, 0.3) is 0 Å². The lowest BCUT2D eigenvalue weighted by atomic mass is 10.0. The number of methoxy groups -OCH3 is 1. The number of nitrogens with zero attached hydrogens (tertiary/aromatic N) is 1. The van der Waals surface area contributed by atoms with Crippen molar-refractivity contribution in [3.05, 3.63) is 65.7 Å². The number of nitrogens with one attached hydrogen (secondary N) is 1. The zero-order valence-corrected chi connectivity index (χ0v) is 17.1. The first-order chi connectivity index (χ1) is 14.1. The summed E-state index contributed by atoms with van der Waals surface area (Å²) in [5, 5.41) is 11.9. The SMILES string of the molecule is CCC(=O)N(Cc1ccc(OC)cc1)[C@@H](Cc1ccccc1)C(=O)NCCCO. The highest BCUT2D eigenvalue weighted by Crippen LogP contribution is 2.18. The number of benzene rings is 2. The summed E-state index contributed by atoms with van der Waals surface area (Å²) >= 11 is 0. The molecule has 0 aliphatic rings. The molecule has 0 aliphatic heterocycles. The summed E-state index contributed by atoms with van der Waals surface area (Å²) in [6.07, 6.45) is 1.21. The van der Waals surface area contributed by atoms with Gasteiger partial charge in [0.05, 0.1) is 7.11 Å². The van der Waals surface area contributed by atoms with Gasteiger partial charge in [0.15, 0.2) is 0 Å². The van der Waals surface area contributed by atoms with Crippen molar-refractivity contribution in [1.29, 1.82) is 0 Å². The van der Waals surface area contributed by atoms with Crippen LogP contribution in [0.5, 0.6) is 5.75 Å². The molecule has 1 atom stereocenters. The molecule has 0 saturated carbocycles. The second kappa shape index (κ2) is 11.9. The molecule has 0 bridgehead atoms. The predicted molar refractivity (Wildman–Crippen MR) is 112 cm³/mol. The quantitative estimate of drug-likeness (QED) is 0.570. The van der Waals surface area contributed by atoms with E-state index < -0.39 is 6.04 Å². The lowest BCUT2D eigenvalue weighted by molar-refractivity contribution is -0.141. The summed E-state index contributed by atoms with van der Waals surface area (Å²) in [7, 11) is 1.61. The minimum absolute atomic E-state index is 0.00703. The van der Waals surface area contributed by atoms with Crippen molar-refractivity contribution in [2.75, 3.05) is 20.3 Å². The molecule has 0 spiro atoms. The van der Waals surface area contributed by atoms with Crippen LogP contribution in [0.4, 0.5) is 0 Å². The topological polar surface area (TPSA) is 78.9 Å². The molecule has 29 heavy (non-hydrogen) atoms. The molecular weight excluding hydrogens is 368 g/mol. The van der Waals surface area contributed by atoms with Crippen molar-refractivity contribution >= 4 is 11.8 Å².